The minimum atomic E-state index is -3.82. The van der Waals surface area contributed by atoms with Gasteiger partial charge in [0.25, 0.3) is 0 Å². The molecule has 0 aliphatic rings. The van der Waals surface area contributed by atoms with Crippen molar-refractivity contribution in [2.24, 2.45) is 0 Å². The van der Waals surface area contributed by atoms with Gasteiger partial charge in [-0.25, -0.2) is 17.9 Å². The highest BCUT2D eigenvalue weighted by molar-refractivity contribution is 7.89. The maximum atomic E-state index is 12.4. The Morgan fingerprint density at radius 1 is 1.32 bits per heavy atom. The molecule has 22 heavy (non-hydrogen) atoms. The van der Waals surface area contributed by atoms with Crippen LogP contribution in [0.4, 0.5) is 5.69 Å². The summed E-state index contributed by atoms with van der Waals surface area (Å²) in [5, 5.41) is 12.1. The predicted octanol–water partition coefficient (Wildman–Crippen LogP) is 1.52. The summed E-state index contributed by atoms with van der Waals surface area (Å²) < 4.78 is 32.3. The molecule has 1 aromatic rings. The first kappa shape index (κ1) is 18.4. The summed E-state index contributed by atoms with van der Waals surface area (Å²) >= 11 is 0. The SMILES string of the molecule is COC[C@H](C)Nc1ccc(C(=O)O)cc1S(=O)(=O)NC(C)C. The van der Waals surface area contributed by atoms with Gasteiger partial charge < -0.3 is 15.2 Å². The van der Waals surface area contributed by atoms with Crippen molar-refractivity contribution in [1.82, 2.24) is 4.72 Å². The minimum absolute atomic E-state index is 0.0888. The van der Waals surface area contributed by atoms with E-state index in [1.54, 1.807) is 21.0 Å². The molecule has 0 fully saturated rings. The lowest BCUT2D eigenvalue weighted by atomic mass is 10.2. The summed E-state index contributed by atoms with van der Waals surface area (Å²) in [4.78, 5) is 11.0. The molecule has 0 heterocycles. The molecule has 7 nitrogen and oxygen atoms in total. The van der Waals surface area contributed by atoms with Gasteiger partial charge in [-0.2, -0.15) is 0 Å². The lowest BCUT2D eigenvalue weighted by Crippen LogP contribution is -2.31. The Kier molecular flexibility index (Phi) is 6.34. The molecule has 1 rings (SSSR count). The van der Waals surface area contributed by atoms with Gasteiger partial charge in [-0.05, 0) is 39.0 Å². The molecular formula is C14H22N2O5S. The van der Waals surface area contributed by atoms with E-state index >= 15 is 0 Å². The van der Waals surface area contributed by atoms with Crippen molar-refractivity contribution in [3.8, 4) is 0 Å². The van der Waals surface area contributed by atoms with Gasteiger partial charge in [-0.1, -0.05) is 0 Å². The van der Waals surface area contributed by atoms with E-state index in [1.165, 1.54) is 12.1 Å². The summed E-state index contributed by atoms with van der Waals surface area (Å²) in [6.07, 6.45) is 0. The quantitative estimate of drug-likeness (QED) is 0.667. The molecule has 0 unspecified atom stereocenters. The smallest absolute Gasteiger partial charge is 0.335 e. The molecule has 0 amide bonds. The van der Waals surface area contributed by atoms with Gasteiger partial charge in [-0.3, -0.25) is 0 Å². The van der Waals surface area contributed by atoms with Crippen molar-refractivity contribution in [1.29, 1.82) is 0 Å². The molecule has 0 saturated carbocycles. The van der Waals surface area contributed by atoms with Crippen LogP contribution in [-0.2, 0) is 14.8 Å². The minimum Gasteiger partial charge on any atom is -0.478 e. The molecule has 0 aliphatic heterocycles. The summed E-state index contributed by atoms with van der Waals surface area (Å²) in [5.74, 6) is -1.18. The van der Waals surface area contributed by atoms with Crippen molar-refractivity contribution in [3.05, 3.63) is 23.8 Å². The van der Waals surface area contributed by atoms with Crippen molar-refractivity contribution in [3.63, 3.8) is 0 Å². The Balaban J connectivity index is 3.29. The molecule has 0 aromatic heterocycles. The highest BCUT2D eigenvalue weighted by atomic mass is 32.2. The third-order valence-electron chi connectivity index (χ3n) is 2.73. The fraction of sp³-hybridized carbons (Fsp3) is 0.500. The maximum Gasteiger partial charge on any atom is 0.335 e. The first-order chi connectivity index (χ1) is 10.2. The lowest BCUT2D eigenvalue weighted by Gasteiger charge is -2.19. The molecule has 0 aliphatic carbocycles. The van der Waals surface area contributed by atoms with Crippen LogP contribution >= 0.6 is 0 Å². The number of sulfonamides is 1. The van der Waals surface area contributed by atoms with E-state index < -0.39 is 16.0 Å². The van der Waals surface area contributed by atoms with Gasteiger partial charge in [0.1, 0.15) is 4.90 Å². The van der Waals surface area contributed by atoms with Gasteiger partial charge >= 0.3 is 5.97 Å². The average Bonchev–Trinajstić information content (AvgIpc) is 2.37. The number of benzene rings is 1. The summed E-state index contributed by atoms with van der Waals surface area (Å²) in [7, 11) is -2.28. The first-order valence-corrected chi connectivity index (χ1v) is 8.31. The van der Waals surface area contributed by atoms with Crippen molar-refractivity contribution >= 4 is 21.7 Å². The van der Waals surface area contributed by atoms with E-state index in [2.05, 4.69) is 10.0 Å². The third kappa shape index (κ3) is 4.97. The number of anilines is 1. The number of rotatable bonds is 8. The van der Waals surface area contributed by atoms with Crippen molar-refractivity contribution in [2.75, 3.05) is 19.0 Å². The second kappa shape index (κ2) is 7.57. The number of carboxylic acids is 1. The van der Waals surface area contributed by atoms with E-state index in [1.807, 2.05) is 6.92 Å². The van der Waals surface area contributed by atoms with Crippen LogP contribution < -0.4 is 10.0 Å². The van der Waals surface area contributed by atoms with Gasteiger partial charge in [0.15, 0.2) is 0 Å². The van der Waals surface area contributed by atoms with E-state index in [4.69, 9.17) is 9.84 Å². The predicted molar refractivity (Wildman–Crippen MR) is 83.8 cm³/mol. The normalized spacial score (nSPS) is 13.1. The molecule has 0 saturated heterocycles. The Morgan fingerprint density at radius 2 is 1.95 bits per heavy atom. The number of aromatic carboxylic acids is 1. The van der Waals surface area contributed by atoms with Crippen LogP contribution in [0.15, 0.2) is 23.1 Å². The average molecular weight is 330 g/mol. The highest BCUT2D eigenvalue weighted by Gasteiger charge is 2.22. The zero-order valence-electron chi connectivity index (χ0n) is 13.1. The Bertz CT molecular complexity index is 628. The van der Waals surface area contributed by atoms with Gasteiger partial charge in [-0.15, -0.1) is 0 Å². The topological polar surface area (TPSA) is 105 Å². The van der Waals surface area contributed by atoms with E-state index in [0.717, 1.165) is 6.07 Å². The summed E-state index contributed by atoms with van der Waals surface area (Å²) in [6.45, 7) is 5.61. The zero-order chi connectivity index (χ0) is 16.9. The van der Waals surface area contributed by atoms with Crippen LogP contribution in [0.5, 0.6) is 0 Å². The highest BCUT2D eigenvalue weighted by Crippen LogP contribution is 2.24. The molecule has 124 valence electrons. The number of carboxylic acid groups (broad SMARTS) is 1. The van der Waals surface area contributed by atoms with Crippen LogP contribution in [-0.4, -0.2) is 45.3 Å². The number of hydrogen-bond acceptors (Lipinski definition) is 5. The molecule has 8 heteroatoms. The van der Waals surface area contributed by atoms with Gasteiger partial charge in [0.2, 0.25) is 10.0 Å². The number of nitrogens with one attached hydrogen (secondary N) is 2. The Hall–Kier alpha value is -1.64. The Morgan fingerprint density at radius 3 is 2.45 bits per heavy atom. The van der Waals surface area contributed by atoms with Crippen molar-refractivity contribution in [2.45, 2.75) is 37.8 Å². The van der Waals surface area contributed by atoms with Crippen LogP contribution in [0.1, 0.15) is 31.1 Å². The second-order valence-corrected chi connectivity index (χ2v) is 6.98. The van der Waals surface area contributed by atoms with Crippen LogP contribution in [0.3, 0.4) is 0 Å². The molecule has 1 aromatic carbocycles. The van der Waals surface area contributed by atoms with E-state index in [0.29, 0.717) is 12.3 Å². The van der Waals surface area contributed by atoms with Crippen molar-refractivity contribution < 1.29 is 23.1 Å². The summed E-state index contributed by atoms with van der Waals surface area (Å²) in [6, 6.07) is 3.52. The monoisotopic (exact) mass is 330 g/mol. The van der Waals surface area contributed by atoms with Crippen LogP contribution in [0.25, 0.3) is 0 Å². The molecule has 0 spiro atoms. The largest absolute Gasteiger partial charge is 0.478 e. The standard InChI is InChI=1S/C14H22N2O5S/c1-9(2)16-22(19,20)13-7-11(14(17)18)5-6-12(13)15-10(3)8-21-4/h5-7,9-10,15-16H,8H2,1-4H3,(H,17,18)/t10-/m0/s1. The number of ether oxygens (including phenoxy) is 1. The molecular weight excluding hydrogens is 308 g/mol. The molecule has 0 radical (unpaired) electrons. The van der Waals surface area contributed by atoms with Gasteiger partial charge in [0, 0.05) is 19.2 Å². The number of methoxy groups -OCH3 is 1. The Labute approximate surface area is 130 Å². The molecule has 3 N–H and O–H groups in total. The lowest BCUT2D eigenvalue weighted by molar-refractivity contribution is 0.0696. The molecule has 0 bridgehead atoms. The fourth-order valence-corrected chi connectivity index (χ4v) is 3.37. The second-order valence-electron chi connectivity index (χ2n) is 5.29. The zero-order valence-corrected chi connectivity index (χ0v) is 13.9. The molecule has 1 atom stereocenters. The third-order valence-corrected chi connectivity index (χ3v) is 4.43. The maximum absolute atomic E-state index is 12.4. The van der Waals surface area contributed by atoms with E-state index in [-0.39, 0.29) is 22.5 Å². The fourth-order valence-electron chi connectivity index (χ4n) is 1.93. The van der Waals surface area contributed by atoms with E-state index in [9.17, 15) is 13.2 Å². The number of carbonyl (C=O) groups is 1. The summed E-state index contributed by atoms with van der Waals surface area (Å²) in [5.41, 5.74) is 0.247. The number of hydrogen-bond donors (Lipinski definition) is 3. The van der Waals surface area contributed by atoms with Crippen LogP contribution in [0.2, 0.25) is 0 Å². The van der Waals surface area contributed by atoms with Gasteiger partial charge in [0.05, 0.1) is 17.9 Å². The first-order valence-electron chi connectivity index (χ1n) is 6.82. The van der Waals surface area contributed by atoms with Crippen LogP contribution in [0, 0.1) is 0 Å².